The molecule has 0 saturated carbocycles. The summed E-state index contributed by atoms with van der Waals surface area (Å²) < 4.78 is 28.0. The van der Waals surface area contributed by atoms with Gasteiger partial charge in [-0.3, -0.25) is 29.8 Å². The molecular weight excluding hydrogens is 370 g/mol. The van der Waals surface area contributed by atoms with Crippen LogP contribution in [-0.4, -0.2) is 21.4 Å². The molecule has 1 aromatic heterocycles. The summed E-state index contributed by atoms with van der Waals surface area (Å²) in [4.78, 5) is 41.1. The minimum absolute atomic E-state index is 0.147. The Kier molecular flexibility index (Phi) is 4.34. The first-order chi connectivity index (χ1) is 13.4. The molecule has 142 valence electrons. The molecule has 1 aliphatic heterocycles. The molecule has 0 fully saturated rings. The molecule has 0 aliphatic carbocycles. The molecule has 2 aromatic carbocycles. The van der Waals surface area contributed by atoms with Crippen molar-refractivity contribution < 1.29 is 18.4 Å². The average molecular weight is 384 g/mol. The molecule has 9 heteroatoms. The quantitative estimate of drug-likeness (QED) is 0.658. The van der Waals surface area contributed by atoms with Crippen molar-refractivity contribution >= 4 is 22.7 Å². The average Bonchev–Trinajstić information content (AvgIpc) is 3.13. The van der Waals surface area contributed by atoms with Gasteiger partial charge in [-0.2, -0.15) is 0 Å². The van der Waals surface area contributed by atoms with Gasteiger partial charge in [-0.25, -0.2) is 13.8 Å². The van der Waals surface area contributed by atoms with Gasteiger partial charge >= 0.3 is 0 Å². The lowest BCUT2D eigenvalue weighted by molar-refractivity contribution is 0.0846. The summed E-state index contributed by atoms with van der Waals surface area (Å²) in [6.07, 6.45) is 1.54. The number of amides is 2. The van der Waals surface area contributed by atoms with Gasteiger partial charge in [0.15, 0.2) is 0 Å². The summed E-state index contributed by atoms with van der Waals surface area (Å²) in [5, 5.41) is 0.404. The molecule has 0 radical (unpaired) electrons. The number of carbonyl (C=O) groups is 2. The fourth-order valence-corrected chi connectivity index (χ4v) is 3.17. The van der Waals surface area contributed by atoms with Crippen molar-refractivity contribution in [2.75, 3.05) is 0 Å². The third-order valence-corrected chi connectivity index (χ3v) is 4.49. The zero-order valence-corrected chi connectivity index (χ0v) is 14.5. The highest BCUT2D eigenvalue weighted by Gasteiger charge is 2.17. The number of aromatic nitrogens is 2. The second-order valence-electron chi connectivity index (χ2n) is 6.39. The number of hydrazine groups is 1. The topological polar surface area (TPSA) is 93.1 Å². The van der Waals surface area contributed by atoms with Gasteiger partial charge in [-0.15, -0.1) is 0 Å². The van der Waals surface area contributed by atoms with Crippen LogP contribution < -0.4 is 16.4 Å². The van der Waals surface area contributed by atoms with E-state index in [9.17, 15) is 23.2 Å². The monoisotopic (exact) mass is 384 g/mol. The number of carbonyl (C=O) groups excluding carboxylic acids is 2. The summed E-state index contributed by atoms with van der Waals surface area (Å²) in [7, 11) is 0. The first-order valence-corrected chi connectivity index (χ1v) is 8.52. The number of hydrogen-bond acceptors (Lipinski definition) is 4. The smallest absolute Gasteiger partial charge is 0.269 e. The Hall–Kier alpha value is -3.62. The van der Waals surface area contributed by atoms with Gasteiger partial charge in [-0.1, -0.05) is 0 Å². The van der Waals surface area contributed by atoms with Crippen LogP contribution in [-0.2, 0) is 13.0 Å². The third kappa shape index (κ3) is 3.22. The molecule has 3 aromatic rings. The number of halogens is 2. The molecular formula is C19H14F2N4O3. The highest BCUT2D eigenvalue weighted by atomic mass is 19.1. The highest BCUT2D eigenvalue weighted by Crippen LogP contribution is 2.16. The molecule has 28 heavy (non-hydrogen) atoms. The van der Waals surface area contributed by atoms with Gasteiger partial charge < -0.3 is 0 Å². The zero-order valence-electron chi connectivity index (χ0n) is 14.5. The van der Waals surface area contributed by atoms with Crippen LogP contribution in [0.15, 0.2) is 41.2 Å². The Morgan fingerprint density at radius 2 is 1.64 bits per heavy atom. The Morgan fingerprint density at radius 1 is 0.964 bits per heavy atom. The lowest BCUT2D eigenvalue weighted by Crippen LogP contribution is -2.41. The second-order valence-corrected chi connectivity index (χ2v) is 6.39. The number of fused-ring (bicyclic) bond motifs is 2. The Morgan fingerprint density at radius 3 is 2.36 bits per heavy atom. The van der Waals surface area contributed by atoms with E-state index in [1.165, 1.54) is 18.2 Å². The maximum atomic E-state index is 13.2. The van der Waals surface area contributed by atoms with Crippen molar-refractivity contribution in [1.82, 2.24) is 20.4 Å². The van der Waals surface area contributed by atoms with Crippen molar-refractivity contribution in [3.05, 3.63) is 75.3 Å². The summed E-state index contributed by atoms with van der Waals surface area (Å²) in [6, 6.07) is 6.73. The third-order valence-electron chi connectivity index (χ3n) is 4.49. The van der Waals surface area contributed by atoms with Gasteiger partial charge in [0.1, 0.15) is 17.5 Å². The number of aryl methyl sites for hydroxylation is 1. The summed E-state index contributed by atoms with van der Waals surface area (Å²) >= 11 is 0. The van der Waals surface area contributed by atoms with E-state index in [1.54, 1.807) is 4.57 Å². The Bertz CT molecular complexity index is 1170. The van der Waals surface area contributed by atoms with E-state index in [2.05, 4.69) is 15.8 Å². The van der Waals surface area contributed by atoms with Crippen molar-refractivity contribution in [2.24, 2.45) is 0 Å². The fourth-order valence-electron chi connectivity index (χ4n) is 3.17. The van der Waals surface area contributed by atoms with Crippen LogP contribution in [0.3, 0.4) is 0 Å². The van der Waals surface area contributed by atoms with Crippen molar-refractivity contribution in [3.63, 3.8) is 0 Å². The Balaban J connectivity index is 1.53. The molecule has 0 saturated heterocycles. The van der Waals surface area contributed by atoms with Crippen LogP contribution in [0.5, 0.6) is 0 Å². The minimum atomic E-state index is -0.907. The largest absolute Gasteiger partial charge is 0.296 e. The molecule has 0 spiro atoms. The van der Waals surface area contributed by atoms with Gasteiger partial charge in [0, 0.05) is 30.2 Å². The fraction of sp³-hybridized carbons (Fsp3) is 0.158. The van der Waals surface area contributed by atoms with E-state index in [0.29, 0.717) is 35.8 Å². The van der Waals surface area contributed by atoms with Crippen LogP contribution in [0.4, 0.5) is 8.78 Å². The summed E-state index contributed by atoms with van der Waals surface area (Å²) in [5.41, 5.74) is 4.41. The zero-order chi connectivity index (χ0) is 19.8. The second kappa shape index (κ2) is 6.84. The first-order valence-electron chi connectivity index (χ1n) is 8.52. The summed E-state index contributed by atoms with van der Waals surface area (Å²) in [6.45, 7) is 0.631. The van der Waals surface area contributed by atoms with Crippen LogP contribution in [0, 0.1) is 11.6 Å². The maximum Gasteiger partial charge on any atom is 0.269 e. The predicted molar refractivity (Wildman–Crippen MR) is 95.6 cm³/mol. The van der Waals surface area contributed by atoms with E-state index >= 15 is 0 Å². The molecule has 7 nitrogen and oxygen atoms in total. The molecule has 0 atom stereocenters. The lowest BCUT2D eigenvalue weighted by Gasteiger charge is -2.09. The molecule has 0 bridgehead atoms. The van der Waals surface area contributed by atoms with Crippen LogP contribution >= 0.6 is 0 Å². The van der Waals surface area contributed by atoms with Crippen molar-refractivity contribution in [3.8, 4) is 0 Å². The van der Waals surface area contributed by atoms with Gasteiger partial charge in [0.25, 0.3) is 17.4 Å². The molecule has 0 unspecified atom stereocenters. The number of hydrogen-bond donors (Lipinski definition) is 2. The van der Waals surface area contributed by atoms with Gasteiger partial charge in [-0.05, 0) is 36.8 Å². The standard InChI is InChI=1S/C19H14F2N4O3/c20-12-6-11(7-13(21)9-12)18(27)24-23-17(26)10-3-4-14-15(8-10)22-16-2-1-5-25(16)19(14)28/h3-4,6-9H,1-2,5H2,(H,23,26)(H,24,27). The lowest BCUT2D eigenvalue weighted by atomic mass is 10.1. The number of nitrogens with zero attached hydrogens (tertiary/aromatic N) is 2. The number of rotatable bonds is 2. The van der Waals surface area contributed by atoms with Crippen LogP contribution in [0.1, 0.15) is 33.0 Å². The van der Waals surface area contributed by atoms with Crippen molar-refractivity contribution in [2.45, 2.75) is 19.4 Å². The van der Waals surface area contributed by atoms with Crippen LogP contribution in [0.2, 0.25) is 0 Å². The van der Waals surface area contributed by atoms with Gasteiger partial charge in [0.2, 0.25) is 0 Å². The van der Waals surface area contributed by atoms with E-state index < -0.39 is 23.4 Å². The van der Waals surface area contributed by atoms with E-state index in [1.807, 2.05) is 0 Å². The molecule has 2 N–H and O–H groups in total. The van der Waals surface area contributed by atoms with E-state index in [-0.39, 0.29) is 16.7 Å². The van der Waals surface area contributed by atoms with Crippen LogP contribution in [0.25, 0.3) is 10.9 Å². The first kappa shape index (κ1) is 17.8. The summed E-state index contributed by atoms with van der Waals surface area (Å²) in [5.74, 6) is -2.67. The highest BCUT2D eigenvalue weighted by molar-refractivity contribution is 6.00. The Labute approximate surface area is 157 Å². The molecule has 2 heterocycles. The molecule has 1 aliphatic rings. The SMILES string of the molecule is O=C(NNC(=O)c1ccc2c(=O)n3c(nc2c1)CCC3)c1cc(F)cc(F)c1. The van der Waals surface area contributed by atoms with Crippen molar-refractivity contribution in [1.29, 1.82) is 0 Å². The minimum Gasteiger partial charge on any atom is -0.296 e. The normalized spacial score (nSPS) is 12.6. The van der Waals surface area contributed by atoms with E-state index in [4.69, 9.17) is 0 Å². The predicted octanol–water partition coefficient (Wildman–Crippen LogP) is 1.70. The number of benzene rings is 2. The van der Waals surface area contributed by atoms with E-state index in [0.717, 1.165) is 18.6 Å². The maximum absolute atomic E-state index is 13.2. The molecule has 4 rings (SSSR count). The molecule has 2 amide bonds. The number of nitrogens with one attached hydrogen (secondary N) is 2. The van der Waals surface area contributed by atoms with Gasteiger partial charge in [0.05, 0.1) is 10.9 Å².